The van der Waals surface area contributed by atoms with Crippen molar-refractivity contribution in [2.75, 3.05) is 6.26 Å². The lowest BCUT2D eigenvalue weighted by Crippen LogP contribution is -2.08. The van der Waals surface area contributed by atoms with Gasteiger partial charge in [0, 0.05) is 0 Å². The van der Waals surface area contributed by atoms with Crippen LogP contribution in [0.3, 0.4) is 0 Å². The molecule has 0 N–H and O–H groups in total. The van der Waals surface area contributed by atoms with Gasteiger partial charge in [-0.15, -0.1) is 0 Å². The minimum atomic E-state index is -3.81. The van der Waals surface area contributed by atoms with Gasteiger partial charge in [0.25, 0.3) is 5.88 Å². The molecule has 0 atom stereocenters. The molecule has 0 saturated heterocycles. The van der Waals surface area contributed by atoms with Gasteiger partial charge in [-0.25, -0.2) is 4.98 Å². The highest BCUT2D eigenvalue weighted by atomic mass is 35.5. The quantitative estimate of drug-likeness (QED) is 0.546. The van der Waals surface area contributed by atoms with Crippen LogP contribution in [0.1, 0.15) is 0 Å². The van der Waals surface area contributed by atoms with Crippen LogP contribution in [-0.4, -0.2) is 24.6 Å². The smallest absolute Gasteiger partial charge is 0.307 e. The van der Waals surface area contributed by atoms with Gasteiger partial charge in [-0.2, -0.15) is 17.8 Å². The van der Waals surface area contributed by atoms with Crippen molar-refractivity contribution in [3.05, 3.63) is 17.3 Å². The van der Waals surface area contributed by atoms with E-state index in [1.807, 2.05) is 0 Å². The molecule has 1 heterocycles. The molecular formula is C5H4ClFN2O3S. The third-order valence-electron chi connectivity index (χ3n) is 0.913. The van der Waals surface area contributed by atoms with Gasteiger partial charge in [0.15, 0.2) is 0 Å². The summed E-state index contributed by atoms with van der Waals surface area (Å²) in [6.07, 6.45) is 1.48. The maximum atomic E-state index is 12.7. The van der Waals surface area contributed by atoms with Crippen LogP contribution < -0.4 is 4.18 Å². The predicted octanol–water partition coefficient (Wildman–Crippen LogP) is 0.608. The summed E-state index contributed by atoms with van der Waals surface area (Å²) in [5.41, 5.74) is 0. The van der Waals surface area contributed by atoms with E-state index >= 15 is 0 Å². The van der Waals surface area contributed by atoms with Gasteiger partial charge < -0.3 is 4.18 Å². The standard InChI is InChI=1S/C5H4ClFN2O3S/c1-13(10,11)12-4-3(7)2-8-5(6)9-4/h2H,1H3. The van der Waals surface area contributed by atoms with Gasteiger partial charge in [0.1, 0.15) is 0 Å². The molecule has 1 aromatic rings. The van der Waals surface area contributed by atoms with Gasteiger partial charge >= 0.3 is 10.1 Å². The Hall–Kier alpha value is -0.950. The molecule has 0 radical (unpaired) electrons. The third-order valence-corrected chi connectivity index (χ3v) is 1.56. The fourth-order valence-corrected chi connectivity index (χ4v) is 1.06. The lowest BCUT2D eigenvalue weighted by molar-refractivity contribution is 0.450. The Bertz CT molecular complexity index is 422. The zero-order chi connectivity index (χ0) is 10.1. The molecule has 13 heavy (non-hydrogen) atoms. The van der Waals surface area contributed by atoms with Crippen molar-refractivity contribution in [1.82, 2.24) is 9.97 Å². The molecule has 0 aromatic carbocycles. The van der Waals surface area contributed by atoms with Crippen molar-refractivity contribution in [3.63, 3.8) is 0 Å². The Labute approximate surface area is 78.7 Å². The Morgan fingerprint density at radius 2 is 2.23 bits per heavy atom. The van der Waals surface area contributed by atoms with Crippen molar-refractivity contribution < 1.29 is 17.0 Å². The molecule has 0 aliphatic heterocycles. The zero-order valence-corrected chi connectivity index (χ0v) is 7.93. The van der Waals surface area contributed by atoms with Crippen LogP contribution in [0.2, 0.25) is 5.28 Å². The first-order valence-electron chi connectivity index (χ1n) is 2.96. The average Bonchev–Trinajstić information content (AvgIpc) is 1.94. The molecule has 1 rings (SSSR count). The lowest BCUT2D eigenvalue weighted by Gasteiger charge is -2.01. The summed E-state index contributed by atoms with van der Waals surface area (Å²) < 4.78 is 38.0. The number of rotatable bonds is 2. The number of hydrogen-bond acceptors (Lipinski definition) is 5. The number of hydrogen-bond donors (Lipinski definition) is 0. The summed E-state index contributed by atoms with van der Waals surface area (Å²) >= 11 is 5.28. The van der Waals surface area contributed by atoms with E-state index in [1.54, 1.807) is 0 Å². The second kappa shape index (κ2) is 3.43. The van der Waals surface area contributed by atoms with Crippen molar-refractivity contribution in [3.8, 4) is 5.88 Å². The van der Waals surface area contributed by atoms with Gasteiger partial charge in [0.2, 0.25) is 11.1 Å². The van der Waals surface area contributed by atoms with Crippen LogP contribution in [0.25, 0.3) is 0 Å². The molecule has 0 aliphatic carbocycles. The van der Waals surface area contributed by atoms with E-state index in [2.05, 4.69) is 14.2 Å². The molecule has 0 saturated carbocycles. The average molecular weight is 227 g/mol. The molecule has 5 nitrogen and oxygen atoms in total. The Balaban J connectivity index is 3.08. The fourth-order valence-electron chi connectivity index (χ4n) is 0.533. The molecule has 72 valence electrons. The van der Waals surface area contributed by atoms with E-state index in [1.165, 1.54) is 0 Å². The largest absolute Gasteiger partial charge is 0.358 e. The molecule has 0 spiro atoms. The number of halogens is 2. The van der Waals surface area contributed by atoms with Crippen LogP contribution in [0.5, 0.6) is 5.88 Å². The minimum absolute atomic E-state index is 0.292. The lowest BCUT2D eigenvalue weighted by atomic mass is 10.6. The number of nitrogens with zero attached hydrogens (tertiary/aromatic N) is 2. The van der Waals surface area contributed by atoms with Crippen LogP contribution in [0, 0.1) is 5.82 Å². The Morgan fingerprint density at radius 1 is 1.62 bits per heavy atom. The van der Waals surface area contributed by atoms with Crippen molar-refractivity contribution >= 4 is 21.7 Å². The molecule has 0 aliphatic rings. The van der Waals surface area contributed by atoms with Gasteiger partial charge in [0.05, 0.1) is 12.5 Å². The summed E-state index contributed by atoms with van der Waals surface area (Å²) in [6, 6.07) is 0. The highest BCUT2D eigenvalue weighted by Gasteiger charge is 2.12. The zero-order valence-electron chi connectivity index (χ0n) is 6.36. The van der Waals surface area contributed by atoms with Crippen LogP contribution >= 0.6 is 11.6 Å². The first-order chi connectivity index (χ1) is 5.88. The summed E-state index contributed by atoms with van der Waals surface area (Å²) in [7, 11) is -3.81. The van der Waals surface area contributed by atoms with E-state index in [-0.39, 0.29) is 5.28 Å². The summed E-state index contributed by atoms with van der Waals surface area (Å²) in [4.78, 5) is 6.51. The first kappa shape index (κ1) is 10.1. The maximum Gasteiger partial charge on any atom is 0.307 e. The van der Waals surface area contributed by atoms with E-state index in [9.17, 15) is 12.8 Å². The van der Waals surface area contributed by atoms with Crippen LogP contribution in [-0.2, 0) is 10.1 Å². The van der Waals surface area contributed by atoms with Gasteiger partial charge in [-0.05, 0) is 11.6 Å². The second-order valence-corrected chi connectivity index (χ2v) is 3.99. The highest BCUT2D eigenvalue weighted by Crippen LogP contribution is 2.15. The number of aromatic nitrogens is 2. The van der Waals surface area contributed by atoms with Crippen LogP contribution in [0.15, 0.2) is 6.20 Å². The SMILES string of the molecule is CS(=O)(=O)Oc1nc(Cl)ncc1F. The van der Waals surface area contributed by atoms with E-state index < -0.39 is 21.8 Å². The molecule has 0 amide bonds. The van der Waals surface area contributed by atoms with Gasteiger partial charge in [-0.3, -0.25) is 0 Å². The molecule has 8 heteroatoms. The summed E-state index contributed by atoms with van der Waals surface area (Å²) in [6.45, 7) is 0. The minimum Gasteiger partial charge on any atom is -0.358 e. The molecule has 0 fully saturated rings. The van der Waals surface area contributed by atoms with Crippen LogP contribution in [0.4, 0.5) is 4.39 Å². The third kappa shape index (κ3) is 3.11. The van der Waals surface area contributed by atoms with Crippen molar-refractivity contribution in [1.29, 1.82) is 0 Å². The van der Waals surface area contributed by atoms with E-state index in [4.69, 9.17) is 11.6 Å². The molecule has 0 bridgehead atoms. The molecule has 0 unspecified atom stereocenters. The summed E-state index contributed by atoms with van der Waals surface area (Å²) in [5.74, 6) is -1.70. The predicted molar refractivity (Wildman–Crippen MR) is 42.5 cm³/mol. The fraction of sp³-hybridized carbons (Fsp3) is 0.200. The van der Waals surface area contributed by atoms with Gasteiger partial charge in [-0.1, -0.05) is 0 Å². The first-order valence-corrected chi connectivity index (χ1v) is 5.15. The topological polar surface area (TPSA) is 69.2 Å². The molecular weight excluding hydrogens is 223 g/mol. The normalized spacial score (nSPS) is 11.3. The monoisotopic (exact) mass is 226 g/mol. The van der Waals surface area contributed by atoms with E-state index in [0.717, 1.165) is 12.5 Å². The van der Waals surface area contributed by atoms with Crippen molar-refractivity contribution in [2.45, 2.75) is 0 Å². The molecule has 1 aromatic heterocycles. The Kier molecular flexibility index (Phi) is 2.67. The second-order valence-electron chi connectivity index (χ2n) is 2.08. The van der Waals surface area contributed by atoms with Crippen molar-refractivity contribution in [2.24, 2.45) is 0 Å². The summed E-state index contributed by atoms with van der Waals surface area (Å²) in [5, 5.41) is -0.292. The van der Waals surface area contributed by atoms with E-state index in [0.29, 0.717) is 0 Å². The highest BCUT2D eigenvalue weighted by molar-refractivity contribution is 7.86. The Morgan fingerprint density at radius 3 is 2.77 bits per heavy atom. The maximum absolute atomic E-state index is 12.7.